The lowest BCUT2D eigenvalue weighted by Crippen LogP contribution is -2.18. The number of ether oxygens (including phenoxy) is 1. The molecule has 0 unspecified atom stereocenters. The van der Waals surface area contributed by atoms with E-state index >= 15 is 0 Å². The minimum absolute atomic E-state index is 0.0295. The van der Waals surface area contributed by atoms with Gasteiger partial charge in [0, 0.05) is 40.4 Å². The van der Waals surface area contributed by atoms with Crippen molar-refractivity contribution in [3.8, 4) is 34.1 Å². The van der Waals surface area contributed by atoms with E-state index in [4.69, 9.17) is 14.8 Å². The molecule has 3 heterocycles. The van der Waals surface area contributed by atoms with Gasteiger partial charge in [-0.2, -0.15) is 5.10 Å². The fourth-order valence-corrected chi connectivity index (χ4v) is 7.12. The normalized spacial score (nSPS) is 12.3. The molecule has 0 amide bonds. The smallest absolute Gasteiger partial charge is 0.137 e. The van der Waals surface area contributed by atoms with Crippen molar-refractivity contribution in [3.05, 3.63) is 131 Å². The minimum Gasteiger partial charge on any atom is -0.457 e. The summed E-state index contributed by atoms with van der Waals surface area (Å²) in [6.07, 6.45) is 1.87. The summed E-state index contributed by atoms with van der Waals surface area (Å²) in [5.74, 6) is 2.41. The summed E-state index contributed by atoms with van der Waals surface area (Å²) < 4.78 is 10.9. The average molecular weight is 647 g/mol. The molecule has 0 spiro atoms. The largest absolute Gasteiger partial charge is 0.457 e. The molecule has 0 fully saturated rings. The maximum absolute atomic E-state index is 6.57. The number of hydrogen-bond acceptors (Lipinski definition) is 3. The number of benzene rings is 4. The zero-order valence-corrected chi connectivity index (χ0v) is 30.4. The average Bonchev–Trinajstić information content (AvgIpc) is 3.52. The lowest BCUT2D eigenvalue weighted by Gasteiger charge is -2.29. The van der Waals surface area contributed by atoms with Crippen LogP contribution in [0.2, 0.25) is 0 Å². The molecule has 49 heavy (non-hydrogen) atoms. The van der Waals surface area contributed by atoms with Crippen LogP contribution in [0.1, 0.15) is 75.2 Å². The Morgan fingerprint density at radius 1 is 0.633 bits per heavy atom. The zero-order valence-electron chi connectivity index (χ0n) is 30.4. The molecule has 248 valence electrons. The van der Waals surface area contributed by atoms with Crippen molar-refractivity contribution in [2.45, 2.75) is 80.1 Å². The van der Waals surface area contributed by atoms with E-state index in [1.807, 2.05) is 24.4 Å². The second-order valence-corrected chi connectivity index (χ2v) is 15.5. The highest BCUT2D eigenvalue weighted by atomic mass is 16.5. The van der Waals surface area contributed by atoms with Crippen LogP contribution < -0.4 is 4.74 Å². The SMILES string of the molecule is Cc1ccnc(-n2c3ccccc3c3ccc(Oc4cccc(-n5nc(C)c(-c6c(C)cc(C(C)(C)C)cc6C(C)(C)C)c5C)c4)cc32)c1. The molecule has 0 aliphatic rings. The molecule has 7 aromatic rings. The number of rotatable bonds is 5. The molecule has 0 radical (unpaired) electrons. The number of para-hydroxylation sites is 1. The highest BCUT2D eigenvalue weighted by Gasteiger charge is 2.28. The fourth-order valence-electron chi connectivity index (χ4n) is 7.12. The van der Waals surface area contributed by atoms with Crippen LogP contribution in [-0.4, -0.2) is 19.3 Å². The molecule has 0 N–H and O–H groups in total. The van der Waals surface area contributed by atoms with Crippen LogP contribution in [0.5, 0.6) is 11.5 Å². The van der Waals surface area contributed by atoms with Crippen LogP contribution in [0.25, 0.3) is 44.4 Å². The van der Waals surface area contributed by atoms with E-state index in [1.54, 1.807) is 0 Å². The van der Waals surface area contributed by atoms with Crippen LogP contribution in [0.4, 0.5) is 0 Å². The van der Waals surface area contributed by atoms with Crippen molar-refractivity contribution < 1.29 is 4.74 Å². The Balaban J connectivity index is 1.29. The molecule has 0 bridgehead atoms. The van der Waals surface area contributed by atoms with Crippen molar-refractivity contribution in [1.29, 1.82) is 0 Å². The molecule has 7 rings (SSSR count). The summed E-state index contributed by atoms with van der Waals surface area (Å²) in [6.45, 7) is 22.4. The fraction of sp³-hybridized carbons (Fsp3) is 0.273. The van der Waals surface area contributed by atoms with E-state index in [0.29, 0.717) is 0 Å². The molecule has 0 atom stereocenters. The first-order chi connectivity index (χ1) is 23.2. The van der Waals surface area contributed by atoms with E-state index in [9.17, 15) is 0 Å². The third kappa shape index (κ3) is 5.82. The predicted molar refractivity (Wildman–Crippen MR) is 204 cm³/mol. The highest BCUT2D eigenvalue weighted by molar-refractivity contribution is 6.09. The Morgan fingerprint density at radius 3 is 2.10 bits per heavy atom. The van der Waals surface area contributed by atoms with E-state index in [1.165, 1.54) is 38.8 Å². The van der Waals surface area contributed by atoms with Gasteiger partial charge in [-0.05, 0) is 109 Å². The van der Waals surface area contributed by atoms with Gasteiger partial charge in [0.05, 0.1) is 22.4 Å². The molecule has 3 aromatic heterocycles. The van der Waals surface area contributed by atoms with E-state index in [2.05, 4.69) is 151 Å². The Kier molecular flexibility index (Phi) is 7.78. The van der Waals surface area contributed by atoms with Crippen LogP contribution in [0.15, 0.2) is 97.2 Å². The number of pyridine rings is 1. The lowest BCUT2D eigenvalue weighted by atomic mass is 9.75. The monoisotopic (exact) mass is 646 g/mol. The van der Waals surface area contributed by atoms with Gasteiger partial charge >= 0.3 is 0 Å². The van der Waals surface area contributed by atoms with Crippen molar-refractivity contribution in [1.82, 2.24) is 19.3 Å². The lowest BCUT2D eigenvalue weighted by molar-refractivity contribution is 0.482. The van der Waals surface area contributed by atoms with Gasteiger partial charge in [0.15, 0.2) is 0 Å². The number of aryl methyl sites for hydroxylation is 3. The molecule has 0 aliphatic carbocycles. The highest BCUT2D eigenvalue weighted by Crippen LogP contribution is 2.42. The van der Waals surface area contributed by atoms with Crippen LogP contribution in [-0.2, 0) is 10.8 Å². The first kappa shape index (κ1) is 32.4. The Bertz CT molecular complexity index is 2380. The number of aromatic nitrogens is 4. The second kappa shape index (κ2) is 11.8. The maximum Gasteiger partial charge on any atom is 0.137 e. The third-order valence-corrected chi connectivity index (χ3v) is 9.62. The van der Waals surface area contributed by atoms with Crippen molar-refractivity contribution in [3.63, 3.8) is 0 Å². The zero-order chi connectivity index (χ0) is 34.8. The first-order valence-electron chi connectivity index (χ1n) is 17.2. The van der Waals surface area contributed by atoms with Gasteiger partial charge in [0.1, 0.15) is 17.3 Å². The predicted octanol–water partition coefficient (Wildman–Crippen LogP) is 11.7. The van der Waals surface area contributed by atoms with Crippen LogP contribution in [0.3, 0.4) is 0 Å². The van der Waals surface area contributed by atoms with E-state index in [0.717, 1.165) is 50.8 Å². The quantitative estimate of drug-likeness (QED) is 0.187. The molecule has 0 saturated carbocycles. The maximum atomic E-state index is 6.57. The Morgan fingerprint density at radius 2 is 1.37 bits per heavy atom. The molecule has 0 aliphatic heterocycles. The summed E-state index contributed by atoms with van der Waals surface area (Å²) >= 11 is 0. The number of hydrogen-bond donors (Lipinski definition) is 0. The van der Waals surface area contributed by atoms with Crippen LogP contribution >= 0.6 is 0 Å². The summed E-state index contributed by atoms with van der Waals surface area (Å²) in [7, 11) is 0. The van der Waals surface area contributed by atoms with Gasteiger partial charge in [0.25, 0.3) is 0 Å². The minimum atomic E-state index is -0.0295. The molecule has 5 nitrogen and oxygen atoms in total. The van der Waals surface area contributed by atoms with Crippen molar-refractivity contribution >= 4 is 21.8 Å². The molecular formula is C44H46N4O. The second-order valence-electron chi connectivity index (χ2n) is 15.5. The number of nitrogens with zero attached hydrogens (tertiary/aromatic N) is 4. The van der Waals surface area contributed by atoms with E-state index in [-0.39, 0.29) is 10.8 Å². The Labute approximate surface area is 290 Å². The summed E-state index contributed by atoms with van der Waals surface area (Å²) in [5, 5.41) is 7.46. The molecule has 4 aromatic carbocycles. The topological polar surface area (TPSA) is 44.9 Å². The first-order valence-corrected chi connectivity index (χ1v) is 17.2. The number of fused-ring (bicyclic) bond motifs is 3. The van der Waals surface area contributed by atoms with Crippen molar-refractivity contribution in [2.24, 2.45) is 0 Å². The van der Waals surface area contributed by atoms with Gasteiger partial charge < -0.3 is 4.74 Å². The Hall–Kier alpha value is -5.16. The van der Waals surface area contributed by atoms with Gasteiger partial charge in [-0.1, -0.05) is 77.9 Å². The van der Waals surface area contributed by atoms with Crippen molar-refractivity contribution in [2.75, 3.05) is 0 Å². The van der Waals surface area contributed by atoms with Gasteiger partial charge in [-0.15, -0.1) is 0 Å². The summed E-state index contributed by atoms with van der Waals surface area (Å²) in [5.41, 5.74) is 13.0. The van der Waals surface area contributed by atoms with E-state index < -0.39 is 0 Å². The molecule has 0 saturated heterocycles. The molecular weight excluding hydrogens is 601 g/mol. The standard InChI is InChI=1S/C44H46N4O/c1-27-20-21-45-40(22-27)47-38-17-12-11-16-35(38)36-19-18-34(26-39(36)47)49-33-15-13-14-32(25-33)48-30(4)42(29(3)46-48)41-28(2)23-31(43(5,6)7)24-37(41)44(8,9)10/h11-26H,1-10H3. The van der Waals surface area contributed by atoms with Gasteiger partial charge in [-0.25, -0.2) is 9.67 Å². The third-order valence-electron chi connectivity index (χ3n) is 9.62. The molecule has 5 heteroatoms. The summed E-state index contributed by atoms with van der Waals surface area (Å²) in [6, 6.07) is 31.9. The van der Waals surface area contributed by atoms with Crippen LogP contribution in [0, 0.1) is 27.7 Å². The van der Waals surface area contributed by atoms with Gasteiger partial charge in [0.2, 0.25) is 0 Å². The summed E-state index contributed by atoms with van der Waals surface area (Å²) in [4.78, 5) is 4.73. The van der Waals surface area contributed by atoms with Gasteiger partial charge in [-0.3, -0.25) is 4.57 Å².